The van der Waals surface area contributed by atoms with Gasteiger partial charge in [-0.25, -0.2) is 14.6 Å². The van der Waals surface area contributed by atoms with E-state index in [4.69, 9.17) is 5.73 Å². The number of carbonyl (C=O) groups is 1. The molecule has 1 atom stereocenters. The number of aromatic carboxylic acids is 1. The topological polar surface area (TPSA) is 141 Å². The van der Waals surface area contributed by atoms with Crippen LogP contribution in [0.15, 0.2) is 21.7 Å². The van der Waals surface area contributed by atoms with Crippen molar-refractivity contribution in [1.82, 2.24) is 23.7 Å². The number of hydrogen-bond acceptors (Lipinski definition) is 7. The molecule has 3 aromatic rings. The molecular weight excluding hydrogens is 445 g/mol. The standard InChI is InChI=1S/C22H24FN7O4/c1-3-4-10-29-17-18(26-21(29)28-9-5-6-13(24)11-28)27(2)22(34)30(19(17)31)12-15-14(20(32)33)7-8-16(23)25-15/h7-8,13H,5-6,9-12,24H2,1-2H3,(H,32,33)/t13-/m1/s1. The number of nitrogens with zero attached hydrogens (tertiary/aromatic N) is 6. The second-order valence-electron chi connectivity index (χ2n) is 8.11. The number of carboxylic acids is 1. The molecule has 1 fully saturated rings. The van der Waals surface area contributed by atoms with Gasteiger partial charge in [-0.2, -0.15) is 9.37 Å². The zero-order valence-corrected chi connectivity index (χ0v) is 18.8. The first-order valence-electron chi connectivity index (χ1n) is 10.7. The maximum Gasteiger partial charge on any atom is 0.337 e. The summed E-state index contributed by atoms with van der Waals surface area (Å²) in [5.74, 6) is 3.95. The maximum absolute atomic E-state index is 13.8. The molecule has 3 aromatic heterocycles. The number of nitrogens with two attached hydrogens (primary N) is 1. The number of carboxylic acid groups (broad SMARTS) is 1. The molecule has 1 aliphatic heterocycles. The van der Waals surface area contributed by atoms with Gasteiger partial charge < -0.3 is 15.7 Å². The molecule has 4 rings (SSSR count). The van der Waals surface area contributed by atoms with Crippen LogP contribution in [0.2, 0.25) is 0 Å². The Bertz CT molecular complexity index is 1460. The zero-order chi connectivity index (χ0) is 24.6. The van der Waals surface area contributed by atoms with Gasteiger partial charge in [0.1, 0.15) is 0 Å². The average molecular weight is 469 g/mol. The van der Waals surface area contributed by atoms with E-state index in [1.807, 2.05) is 4.90 Å². The van der Waals surface area contributed by atoms with Crippen molar-refractivity contribution in [3.63, 3.8) is 0 Å². The van der Waals surface area contributed by atoms with Crippen molar-refractivity contribution >= 4 is 23.1 Å². The van der Waals surface area contributed by atoms with Crippen molar-refractivity contribution in [2.45, 2.75) is 38.9 Å². The van der Waals surface area contributed by atoms with Gasteiger partial charge in [-0.15, -0.1) is 5.92 Å². The van der Waals surface area contributed by atoms with Gasteiger partial charge in [0.15, 0.2) is 11.2 Å². The van der Waals surface area contributed by atoms with Gasteiger partial charge in [0.2, 0.25) is 11.9 Å². The molecule has 34 heavy (non-hydrogen) atoms. The molecular formula is C22H24FN7O4. The van der Waals surface area contributed by atoms with Gasteiger partial charge in [0.05, 0.1) is 24.3 Å². The van der Waals surface area contributed by atoms with Crippen LogP contribution in [0.1, 0.15) is 35.8 Å². The van der Waals surface area contributed by atoms with Crippen LogP contribution in [0.25, 0.3) is 11.2 Å². The summed E-state index contributed by atoms with van der Waals surface area (Å²) < 4.78 is 17.5. The molecule has 4 heterocycles. The molecule has 12 heteroatoms. The molecule has 0 aromatic carbocycles. The number of fused-ring (bicyclic) bond motifs is 1. The predicted molar refractivity (Wildman–Crippen MR) is 122 cm³/mol. The average Bonchev–Trinajstić information content (AvgIpc) is 3.18. The van der Waals surface area contributed by atoms with Crippen molar-refractivity contribution in [3.8, 4) is 11.8 Å². The molecule has 1 aliphatic rings. The molecule has 0 bridgehead atoms. The summed E-state index contributed by atoms with van der Waals surface area (Å²) in [5.41, 5.74) is 4.47. The Morgan fingerprint density at radius 2 is 2.06 bits per heavy atom. The molecule has 3 N–H and O–H groups in total. The Hall–Kier alpha value is -3.98. The zero-order valence-electron chi connectivity index (χ0n) is 18.8. The quantitative estimate of drug-likeness (QED) is 0.397. The van der Waals surface area contributed by atoms with E-state index in [2.05, 4.69) is 21.8 Å². The normalized spacial score (nSPS) is 15.9. The van der Waals surface area contributed by atoms with Gasteiger partial charge in [-0.3, -0.25) is 18.5 Å². The highest BCUT2D eigenvalue weighted by Gasteiger charge is 2.26. The van der Waals surface area contributed by atoms with E-state index < -0.39 is 29.7 Å². The lowest BCUT2D eigenvalue weighted by Crippen LogP contribution is -2.44. The number of anilines is 1. The lowest BCUT2D eigenvalue weighted by molar-refractivity contribution is 0.0694. The summed E-state index contributed by atoms with van der Waals surface area (Å²) in [6.07, 6.45) is 1.74. The fourth-order valence-corrected chi connectivity index (χ4v) is 4.18. The van der Waals surface area contributed by atoms with Gasteiger partial charge in [-0.1, -0.05) is 5.92 Å². The summed E-state index contributed by atoms with van der Waals surface area (Å²) in [7, 11) is 1.46. The lowest BCUT2D eigenvalue weighted by Gasteiger charge is -2.31. The summed E-state index contributed by atoms with van der Waals surface area (Å²) in [5, 5.41) is 9.43. The highest BCUT2D eigenvalue weighted by molar-refractivity contribution is 5.88. The largest absolute Gasteiger partial charge is 0.478 e. The minimum Gasteiger partial charge on any atom is -0.478 e. The number of halogens is 1. The number of piperidine rings is 1. The minimum atomic E-state index is -1.35. The second kappa shape index (κ2) is 9.11. The van der Waals surface area contributed by atoms with E-state index in [-0.39, 0.29) is 35.0 Å². The first kappa shape index (κ1) is 23.2. The second-order valence-corrected chi connectivity index (χ2v) is 8.11. The molecule has 178 valence electrons. The van der Waals surface area contributed by atoms with Gasteiger partial charge in [0, 0.05) is 26.2 Å². The lowest BCUT2D eigenvalue weighted by atomic mass is 10.1. The monoisotopic (exact) mass is 469 g/mol. The van der Waals surface area contributed by atoms with Crippen LogP contribution in [0, 0.1) is 17.8 Å². The Morgan fingerprint density at radius 3 is 2.74 bits per heavy atom. The summed E-state index contributed by atoms with van der Waals surface area (Å²) >= 11 is 0. The van der Waals surface area contributed by atoms with E-state index in [9.17, 15) is 23.9 Å². The summed E-state index contributed by atoms with van der Waals surface area (Å²) in [6.45, 7) is 2.54. The van der Waals surface area contributed by atoms with Crippen molar-refractivity contribution in [2.24, 2.45) is 12.8 Å². The first-order valence-corrected chi connectivity index (χ1v) is 10.7. The highest BCUT2D eigenvalue weighted by atomic mass is 19.1. The fourth-order valence-electron chi connectivity index (χ4n) is 4.18. The molecule has 0 amide bonds. The SMILES string of the molecule is CC#CCn1c(N2CCC[C@@H](N)C2)nc2c1c(=O)n(Cc1nc(F)ccc1C(=O)O)c(=O)n2C. The molecule has 0 unspecified atom stereocenters. The van der Waals surface area contributed by atoms with Gasteiger partial charge >= 0.3 is 11.7 Å². The van der Waals surface area contributed by atoms with Crippen LogP contribution in [0.3, 0.4) is 0 Å². The van der Waals surface area contributed by atoms with E-state index in [0.29, 0.717) is 19.0 Å². The van der Waals surface area contributed by atoms with Crippen LogP contribution in [0.4, 0.5) is 10.3 Å². The van der Waals surface area contributed by atoms with Crippen molar-refractivity contribution in [3.05, 3.63) is 50.2 Å². The van der Waals surface area contributed by atoms with Crippen LogP contribution in [-0.4, -0.2) is 53.9 Å². The first-order chi connectivity index (χ1) is 16.2. The fraction of sp³-hybridized carbons (Fsp3) is 0.409. The maximum atomic E-state index is 13.8. The molecule has 11 nitrogen and oxygen atoms in total. The van der Waals surface area contributed by atoms with Crippen molar-refractivity contribution in [2.75, 3.05) is 18.0 Å². The highest BCUT2D eigenvalue weighted by Crippen LogP contribution is 2.23. The number of rotatable bonds is 5. The minimum absolute atomic E-state index is 0.0479. The van der Waals surface area contributed by atoms with Gasteiger partial charge in [-0.05, 0) is 31.9 Å². The van der Waals surface area contributed by atoms with E-state index >= 15 is 0 Å². The summed E-state index contributed by atoms with van der Waals surface area (Å²) in [6, 6.07) is 1.91. The van der Waals surface area contributed by atoms with Crippen molar-refractivity contribution in [1.29, 1.82) is 0 Å². The Labute approximate surface area is 193 Å². The Kier molecular flexibility index (Phi) is 6.21. The van der Waals surface area contributed by atoms with E-state index in [1.54, 1.807) is 11.5 Å². The van der Waals surface area contributed by atoms with Crippen LogP contribution in [-0.2, 0) is 20.1 Å². The molecule has 0 saturated carbocycles. The number of pyridine rings is 1. The summed E-state index contributed by atoms with van der Waals surface area (Å²) in [4.78, 5) is 48.4. The van der Waals surface area contributed by atoms with Crippen LogP contribution < -0.4 is 21.9 Å². The van der Waals surface area contributed by atoms with Crippen LogP contribution >= 0.6 is 0 Å². The third-order valence-corrected chi connectivity index (χ3v) is 5.85. The Morgan fingerprint density at radius 1 is 1.29 bits per heavy atom. The third-order valence-electron chi connectivity index (χ3n) is 5.85. The predicted octanol–water partition coefficient (Wildman–Crippen LogP) is 0.128. The molecule has 0 radical (unpaired) electrons. The number of aromatic nitrogens is 5. The Balaban J connectivity index is 1.95. The molecule has 0 spiro atoms. The number of hydrogen-bond donors (Lipinski definition) is 2. The third kappa shape index (κ3) is 4.06. The smallest absolute Gasteiger partial charge is 0.337 e. The van der Waals surface area contributed by atoms with E-state index in [1.165, 1.54) is 11.6 Å². The van der Waals surface area contributed by atoms with Gasteiger partial charge in [0.25, 0.3) is 5.56 Å². The number of aryl methyl sites for hydroxylation is 1. The van der Waals surface area contributed by atoms with Crippen molar-refractivity contribution < 1.29 is 14.3 Å². The van der Waals surface area contributed by atoms with E-state index in [0.717, 1.165) is 29.5 Å². The number of imidazole rings is 1. The molecule has 1 saturated heterocycles. The molecule has 0 aliphatic carbocycles. The van der Waals surface area contributed by atoms with Crippen LogP contribution in [0.5, 0.6) is 0 Å².